The van der Waals surface area contributed by atoms with Gasteiger partial charge in [0.25, 0.3) is 0 Å². The normalized spacial score (nSPS) is 13.2. The Morgan fingerprint density at radius 1 is 0.958 bits per heavy atom. The molecular formula is C21H23N3. The van der Waals surface area contributed by atoms with Gasteiger partial charge in [-0.25, -0.2) is 4.52 Å². The minimum Gasteiger partial charge on any atom is -0.324 e. The maximum atomic E-state index is 4.55. The van der Waals surface area contributed by atoms with Crippen molar-refractivity contribution in [2.45, 2.75) is 39.0 Å². The third-order valence-corrected chi connectivity index (χ3v) is 4.86. The molecule has 0 aromatic carbocycles. The lowest BCUT2D eigenvalue weighted by molar-refractivity contribution is 0.755. The van der Waals surface area contributed by atoms with Crippen LogP contribution in [-0.2, 0) is 6.42 Å². The van der Waals surface area contributed by atoms with Crippen LogP contribution < -0.4 is 0 Å². The van der Waals surface area contributed by atoms with Gasteiger partial charge in [0.15, 0.2) is 0 Å². The first kappa shape index (κ1) is 15.0. The largest absolute Gasteiger partial charge is 0.324 e. The molecule has 0 aliphatic rings. The van der Waals surface area contributed by atoms with Crippen molar-refractivity contribution in [3.05, 3.63) is 77.9 Å². The van der Waals surface area contributed by atoms with Crippen LogP contribution in [0.15, 0.2) is 61.2 Å². The predicted octanol–water partition coefficient (Wildman–Crippen LogP) is 5.06. The third-order valence-electron chi connectivity index (χ3n) is 4.86. The number of nitrogens with zero attached hydrogens (tertiary/aromatic N) is 3. The predicted molar refractivity (Wildman–Crippen MR) is 98.8 cm³/mol. The van der Waals surface area contributed by atoms with E-state index in [0.717, 1.165) is 6.42 Å². The van der Waals surface area contributed by atoms with Crippen LogP contribution in [0.5, 0.6) is 0 Å². The Bertz CT molecular complexity index is 991. The second kappa shape index (κ2) is 5.82. The minimum atomic E-state index is 0.479. The molecule has 0 fully saturated rings. The van der Waals surface area contributed by atoms with E-state index in [4.69, 9.17) is 0 Å². The van der Waals surface area contributed by atoms with Crippen LogP contribution in [0.4, 0.5) is 0 Å². The Morgan fingerprint density at radius 3 is 2.62 bits per heavy atom. The van der Waals surface area contributed by atoms with E-state index < -0.39 is 0 Å². The lowest BCUT2D eigenvalue weighted by atomic mass is 9.95. The molecule has 0 aliphatic carbocycles. The molecule has 0 aliphatic heterocycles. The average Bonchev–Trinajstić information content (AvgIpc) is 3.18. The van der Waals surface area contributed by atoms with Gasteiger partial charge in [0.2, 0.25) is 0 Å². The Morgan fingerprint density at radius 2 is 1.79 bits per heavy atom. The molecule has 0 radical (unpaired) electrons. The lowest BCUT2D eigenvalue weighted by Crippen LogP contribution is -1.98. The van der Waals surface area contributed by atoms with E-state index in [0.29, 0.717) is 11.8 Å². The first-order chi connectivity index (χ1) is 11.6. The molecule has 3 nitrogen and oxygen atoms in total. The molecule has 4 heterocycles. The van der Waals surface area contributed by atoms with Crippen molar-refractivity contribution in [2.75, 3.05) is 0 Å². The van der Waals surface area contributed by atoms with Gasteiger partial charge >= 0.3 is 0 Å². The topological polar surface area (TPSA) is 21.7 Å². The van der Waals surface area contributed by atoms with Gasteiger partial charge in [0.05, 0.1) is 11.7 Å². The van der Waals surface area contributed by atoms with Gasteiger partial charge in [-0.05, 0) is 71.3 Å². The number of hydrogen-bond donors (Lipinski definition) is 0. The van der Waals surface area contributed by atoms with Gasteiger partial charge < -0.3 is 4.40 Å². The number of aromatic nitrogens is 3. The second-order valence-corrected chi connectivity index (χ2v) is 7.07. The summed E-state index contributed by atoms with van der Waals surface area (Å²) in [6, 6.07) is 13.3. The molecule has 1 atom stereocenters. The van der Waals surface area contributed by atoms with Gasteiger partial charge in [-0.3, -0.25) is 0 Å². The zero-order valence-electron chi connectivity index (χ0n) is 14.5. The van der Waals surface area contributed by atoms with Crippen molar-refractivity contribution in [3.63, 3.8) is 0 Å². The van der Waals surface area contributed by atoms with E-state index in [-0.39, 0.29) is 0 Å². The fraction of sp³-hybridized carbons (Fsp3) is 0.286. The Balaban J connectivity index is 1.60. The number of pyridine rings is 1. The van der Waals surface area contributed by atoms with Crippen LogP contribution in [0.1, 0.15) is 49.3 Å². The van der Waals surface area contributed by atoms with Crippen molar-refractivity contribution < 1.29 is 0 Å². The van der Waals surface area contributed by atoms with Crippen molar-refractivity contribution >= 4 is 11.0 Å². The molecular weight excluding hydrogens is 294 g/mol. The monoisotopic (exact) mass is 317 g/mol. The zero-order chi connectivity index (χ0) is 16.7. The number of rotatable bonds is 4. The van der Waals surface area contributed by atoms with Crippen LogP contribution in [0.3, 0.4) is 0 Å². The van der Waals surface area contributed by atoms with Crippen LogP contribution in [-0.4, -0.2) is 14.0 Å². The maximum absolute atomic E-state index is 4.55. The lowest BCUT2D eigenvalue weighted by Gasteiger charge is -2.11. The zero-order valence-corrected chi connectivity index (χ0v) is 14.5. The molecule has 4 aromatic heterocycles. The molecule has 0 N–H and O–H groups in total. The first-order valence-corrected chi connectivity index (χ1v) is 8.64. The molecule has 122 valence electrons. The van der Waals surface area contributed by atoms with Gasteiger partial charge in [-0.1, -0.05) is 20.8 Å². The van der Waals surface area contributed by atoms with E-state index in [9.17, 15) is 0 Å². The molecule has 0 amide bonds. The van der Waals surface area contributed by atoms with E-state index >= 15 is 0 Å². The van der Waals surface area contributed by atoms with Crippen LogP contribution in [0.2, 0.25) is 0 Å². The molecule has 4 rings (SSSR count). The van der Waals surface area contributed by atoms with E-state index in [1.165, 1.54) is 27.7 Å². The highest BCUT2D eigenvalue weighted by atomic mass is 15.2. The van der Waals surface area contributed by atoms with Crippen molar-refractivity contribution in [1.29, 1.82) is 0 Å². The molecule has 24 heavy (non-hydrogen) atoms. The highest BCUT2D eigenvalue weighted by Crippen LogP contribution is 2.24. The molecule has 0 bridgehead atoms. The van der Waals surface area contributed by atoms with E-state index in [1.54, 1.807) is 0 Å². The maximum Gasteiger partial charge on any atom is 0.0652 e. The summed E-state index contributed by atoms with van der Waals surface area (Å²) in [5.74, 6) is 0.987. The average molecular weight is 317 g/mol. The summed E-state index contributed by atoms with van der Waals surface area (Å²) in [7, 11) is 0. The standard InChI is InChI=1S/C21H23N3/c1-15(2)19-12-21-10-17(14-24(21)22-13-19)9-16(3)18-6-8-23-7-4-5-20(23)11-18/h4-8,10-16H,9H2,1-3H3. The van der Waals surface area contributed by atoms with Crippen molar-refractivity contribution in [1.82, 2.24) is 14.0 Å². The van der Waals surface area contributed by atoms with Gasteiger partial charge in [-0.15, -0.1) is 0 Å². The summed E-state index contributed by atoms with van der Waals surface area (Å²) < 4.78 is 4.14. The Hall–Kier alpha value is -2.55. The number of fused-ring (bicyclic) bond motifs is 2. The van der Waals surface area contributed by atoms with Gasteiger partial charge in [0.1, 0.15) is 0 Å². The summed E-state index contributed by atoms with van der Waals surface area (Å²) in [5, 5.41) is 4.55. The minimum absolute atomic E-state index is 0.479. The number of hydrogen-bond acceptors (Lipinski definition) is 1. The summed E-state index contributed by atoms with van der Waals surface area (Å²) in [5.41, 5.74) is 6.45. The summed E-state index contributed by atoms with van der Waals surface area (Å²) in [6.07, 6.45) is 9.39. The summed E-state index contributed by atoms with van der Waals surface area (Å²) in [4.78, 5) is 0. The van der Waals surface area contributed by atoms with Gasteiger partial charge in [-0.2, -0.15) is 5.10 Å². The van der Waals surface area contributed by atoms with E-state index in [1.807, 2.05) is 10.7 Å². The SMILES string of the molecule is CC(C)c1cnn2cc(CC(C)c3ccn4cccc4c3)cc2c1. The van der Waals surface area contributed by atoms with Crippen LogP contribution in [0, 0.1) is 0 Å². The van der Waals surface area contributed by atoms with E-state index in [2.05, 4.69) is 85.3 Å². The molecule has 1 unspecified atom stereocenters. The van der Waals surface area contributed by atoms with Crippen LogP contribution in [0.25, 0.3) is 11.0 Å². The fourth-order valence-electron chi connectivity index (χ4n) is 3.33. The molecule has 0 saturated heterocycles. The third kappa shape index (κ3) is 2.71. The first-order valence-electron chi connectivity index (χ1n) is 8.64. The molecule has 3 heteroatoms. The second-order valence-electron chi connectivity index (χ2n) is 7.07. The summed E-state index contributed by atoms with van der Waals surface area (Å²) >= 11 is 0. The van der Waals surface area contributed by atoms with Crippen LogP contribution >= 0.6 is 0 Å². The molecule has 4 aromatic rings. The molecule has 0 saturated carbocycles. The fourth-order valence-corrected chi connectivity index (χ4v) is 3.33. The highest BCUT2D eigenvalue weighted by molar-refractivity contribution is 5.52. The van der Waals surface area contributed by atoms with Crippen molar-refractivity contribution in [3.8, 4) is 0 Å². The van der Waals surface area contributed by atoms with Gasteiger partial charge in [0, 0.05) is 24.1 Å². The molecule has 0 spiro atoms. The highest BCUT2D eigenvalue weighted by Gasteiger charge is 2.10. The quantitative estimate of drug-likeness (QED) is 0.516. The Labute approximate surface area is 142 Å². The summed E-state index contributed by atoms with van der Waals surface area (Å²) in [6.45, 7) is 6.71. The smallest absolute Gasteiger partial charge is 0.0652 e. The van der Waals surface area contributed by atoms with Crippen molar-refractivity contribution in [2.24, 2.45) is 0 Å². The Kier molecular flexibility index (Phi) is 3.64.